The number of piperidine rings is 1. The minimum atomic E-state index is -0.277. The average Bonchev–Trinajstić information content (AvgIpc) is 3.10. The number of hydrogen-bond acceptors (Lipinski definition) is 4. The number of nitrogens with zero attached hydrogens (tertiary/aromatic N) is 2. The van der Waals surface area contributed by atoms with Crippen molar-refractivity contribution in [2.75, 3.05) is 13.1 Å². The Kier molecular flexibility index (Phi) is 4.95. The predicted octanol–water partition coefficient (Wildman–Crippen LogP) is 3.83. The SMILES string of the molecule is O=C(NC1CCN(Cc2ccccn2)CC1)c1cc2c(F)cccc2s1. The second-order valence-corrected chi connectivity index (χ2v) is 7.69. The van der Waals surface area contributed by atoms with Crippen LogP contribution in [0.2, 0.25) is 0 Å². The largest absolute Gasteiger partial charge is 0.349 e. The van der Waals surface area contributed by atoms with Crippen LogP contribution < -0.4 is 5.32 Å². The van der Waals surface area contributed by atoms with Crippen LogP contribution in [-0.4, -0.2) is 34.9 Å². The number of hydrogen-bond donors (Lipinski definition) is 1. The molecular formula is C20H20FN3OS. The molecule has 6 heteroatoms. The molecule has 0 radical (unpaired) electrons. The molecule has 0 unspecified atom stereocenters. The molecule has 26 heavy (non-hydrogen) atoms. The van der Waals surface area contributed by atoms with E-state index >= 15 is 0 Å². The summed E-state index contributed by atoms with van der Waals surface area (Å²) in [5, 5.41) is 3.63. The molecule has 1 aliphatic heterocycles. The van der Waals surface area contributed by atoms with Gasteiger partial charge in [0.1, 0.15) is 5.82 Å². The summed E-state index contributed by atoms with van der Waals surface area (Å²) in [6.07, 6.45) is 3.64. The molecule has 1 aromatic carbocycles. The van der Waals surface area contributed by atoms with E-state index < -0.39 is 0 Å². The van der Waals surface area contributed by atoms with E-state index in [-0.39, 0.29) is 17.8 Å². The molecule has 1 aliphatic rings. The molecule has 3 heterocycles. The zero-order chi connectivity index (χ0) is 17.9. The topological polar surface area (TPSA) is 45.2 Å². The maximum Gasteiger partial charge on any atom is 0.261 e. The summed E-state index contributed by atoms with van der Waals surface area (Å²) in [7, 11) is 0. The molecule has 4 nitrogen and oxygen atoms in total. The maximum atomic E-state index is 13.8. The Morgan fingerprint density at radius 1 is 1.23 bits per heavy atom. The monoisotopic (exact) mass is 369 g/mol. The van der Waals surface area contributed by atoms with Crippen LogP contribution in [0.3, 0.4) is 0 Å². The molecule has 1 N–H and O–H groups in total. The fourth-order valence-corrected chi connectivity index (χ4v) is 4.33. The summed E-state index contributed by atoms with van der Waals surface area (Å²) in [5.74, 6) is -0.380. The van der Waals surface area contributed by atoms with Gasteiger partial charge in [0, 0.05) is 42.0 Å². The molecule has 2 aromatic heterocycles. The quantitative estimate of drug-likeness (QED) is 0.760. The van der Waals surface area contributed by atoms with E-state index in [4.69, 9.17) is 0 Å². The normalized spacial score (nSPS) is 16.0. The van der Waals surface area contributed by atoms with Gasteiger partial charge in [0.15, 0.2) is 0 Å². The van der Waals surface area contributed by atoms with Gasteiger partial charge >= 0.3 is 0 Å². The highest BCUT2D eigenvalue weighted by Crippen LogP contribution is 2.27. The summed E-state index contributed by atoms with van der Waals surface area (Å²) in [5.41, 5.74) is 1.07. The molecule has 0 bridgehead atoms. The van der Waals surface area contributed by atoms with E-state index in [0.29, 0.717) is 10.3 Å². The molecule has 0 atom stereocenters. The smallest absolute Gasteiger partial charge is 0.261 e. The molecule has 0 spiro atoms. The summed E-state index contributed by atoms with van der Waals surface area (Å²) in [6, 6.07) is 12.7. The number of carbonyl (C=O) groups excluding carboxylic acids is 1. The molecule has 3 aromatic rings. The number of benzene rings is 1. The van der Waals surface area contributed by atoms with Crippen LogP contribution in [0.4, 0.5) is 4.39 Å². The van der Waals surface area contributed by atoms with Gasteiger partial charge in [0.05, 0.1) is 10.6 Å². The number of rotatable bonds is 4. The molecule has 1 fully saturated rings. The van der Waals surface area contributed by atoms with Gasteiger partial charge < -0.3 is 5.32 Å². The summed E-state index contributed by atoms with van der Waals surface area (Å²) in [6.45, 7) is 2.71. The van der Waals surface area contributed by atoms with Crippen LogP contribution in [0.15, 0.2) is 48.7 Å². The van der Waals surface area contributed by atoms with E-state index in [9.17, 15) is 9.18 Å². The Morgan fingerprint density at radius 3 is 2.81 bits per heavy atom. The van der Waals surface area contributed by atoms with E-state index in [1.807, 2.05) is 30.5 Å². The lowest BCUT2D eigenvalue weighted by Gasteiger charge is -2.32. The number of carbonyl (C=O) groups is 1. The molecule has 134 valence electrons. The number of nitrogens with one attached hydrogen (secondary N) is 1. The number of thiophene rings is 1. The van der Waals surface area contributed by atoms with Gasteiger partial charge in [-0.3, -0.25) is 14.7 Å². The van der Waals surface area contributed by atoms with Crippen LogP contribution in [0.25, 0.3) is 10.1 Å². The summed E-state index contributed by atoms with van der Waals surface area (Å²) < 4.78 is 14.6. The number of fused-ring (bicyclic) bond motifs is 1. The highest BCUT2D eigenvalue weighted by Gasteiger charge is 2.22. The van der Waals surface area contributed by atoms with Gasteiger partial charge in [-0.05, 0) is 43.2 Å². The van der Waals surface area contributed by atoms with Crippen LogP contribution in [-0.2, 0) is 6.54 Å². The number of halogens is 1. The first kappa shape index (κ1) is 17.1. The first-order valence-corrected chi connectivity index (χ1v) is 9.62. The molecule has 1 saturated heterocycles. The van der Waals surface area contributed by atoms with E-state index in [1.54, 1.807) is 12.1 Å². The Balaban J connectivity index is 1.33. The lowest BCUT2D eigenvalue weighted by Crippen LogP contribution is -2.44. The highest BCUT2D eigenvalue weighted by molar-refractivity contribution is 7.20. The van der Waals surface area contributed by atoms with Crippen molar-refractivity contribution < 1.29 is 9.18 Å². The summed E-state index contributed by atoms with van der Waals surface area (Å²) in [4.78, 5) is 19.8. The molecule has 4 rings (SSSR count). The third-order valence-electron chi connectivity index (χ3n) is 4.77. The first-order valence-electron chi connectivity index (χ1n) is 8.80. The second-order valence-electron chi connectivity index (χ2n) is 6.61. The number of aromatic nitrogens is 1. The van der Waals surface area contributed by atoms with Crippen molar-refractivity contribution in [2.45, 2.75) is 25.4 Å². The van der Waals surface area contributed by atoms with Gasteiger partial charge in [0.25, 0.3) is 5.91 Å². The minimum Gasteiger partial charge on any atom is -0.349 e. The standard InChI is InChI=1S/C20H20FN3OS/c21-17-5-3-6-18-16(17)12-19(26-18)20(25)23-14-7-10-24(11-8-14)13-15-4-1-2-9-22-15/h1-6,9,12,14H,7-8,10-11,13H2,(H,23,25). The highest BCUT2D eigenvalue weighted by atomic mass is 32.1. The Labute approximate surface area is 155 Å². The van der Waals surface area contributed by atoms with E-state index in [0.717, 1.165) is 42.9 Å². The van der Waals surface area contributed by atoms with Gasteiger partial charge in [-0.25, -0.2) is 4.39 Å². The lowest BCUT2D eigenvalue weighted by molar-refractivity contribution is 0.0912. The van der Waals surface area contributed by atoms with Crippen molar-refractivity contribution >= 4 is 27.3 Å². The predicted molar refractivity (Wildman–Crippen MR) is 102 cm³/mol. The lowest BCUT2D eigenvalue weighted by atomic mass is 10.0. The fraction of sp³-hybridized carbons (Fsp3) is 0.300. The molecule has 1 amide bonds. The number of amides is 1. The van der Waals surface area contributed by atoms with E-state index in [2.05, 4.69) is 15.2 Å². The van der Waals surface area contributed by atoms with Crippen molar-refractivity contribution in [3.8, 4) is 0 Å². The van der Waals surface area contributed by atoms with E-state index in [1.165, 1.54) is 17.4 Å². The van der Waals surface area contributed by atoms with Crippen LogP contribution >= 0.6 is 11.3 Å². The van der Waals surface area contributed by atoms with Crippen molar-refractivity contribution in [1.29, 1.82) is 0 Å². The van der Waals surface area contributed by atoms with Gasteiger partial charge in [0.2, 0.25) is 0 Å². The number of likely N-dealkylation sites (tertiary alicyclic amines) is 1. The van der Waals surface area contributed by atoms with Gasteiger partial charge in [-0.15, -0.1) is 11.3 Å². The first-order chi connectivity index (χ1) is 12.7. The van der Waals surface area contributed by atoms with Crippen LogP contribution in [0, 0.1) is 5.82 Å². The third-order valence-corrected chi connectivity index (χ3v) is 5.87. The van der Waals surface area contributed by atoms with Crippen molar-refractivity contribution in [3.63, 3.8) is 0 Å². The van der Waals surface area contributed by atoms with Crippen LogP contribution in [0.5, 0.6) is 0 Å². The Morgan fingerprint density at radius 2 is 2.08 bits per heavy atom. The van der Waals surface area contributed by atoms with Crippen LogP contribution in [0.1, 0.15) is 28.2 Å². The molecular weight excluding hydrogens is 349 g/mol. The van der Waals surface area contributed by atoms with Gasteiger partial charge in [-0.1, -0.05) is 12.1 Å². The van der Waals surface area contributed by atoms with Crippen molar-refractivity contribution in [2.24, 2.45) is 0 Å². The average molecular weight is 369 g/mol. The zero-order valence-electron chi connectivity index (χ0n) is 14.3. The minimum absolute atomic E-state index is 0.103. The van der Waals surface area contributed by atoms with Crippen molar-refractivity contribution in [1.82, 2.24) is 15.2 Å². The third kappa shape index (κ3) is 3.76. The van der Waals surface area contributed by atoms with Crippen molar-refractivity contribution in [3.05, 3.63) is 65.0 Å². The number of pyridine rings is 1. The fourth-order valence-electron chi connectivity index (χ4n) is 3.35. The second kappa shape index (κ2) is 7.51. The summed E-state index contributed by atoms with van der Waals surface area (Å²) >= 11 is 1.34. The van der Waals surface area contributed by atoms with Gasteiger partial charge in [-0.2, -0.15) is 0 Å². The Bertz CT molecular complexity index is 904. The molecule has 0 saturated carbocycles. The maximum absolute atomic E-state index is 13.8. The molecule has 0 aliphatic carbocycles. The Hall–Kier alpha value is -2.31. The zero-order valence-corrected chi connectivity index (χ0v) is 15.1.